The Hall–Kier alpha value is -1.47. The van der Waals surface area contributed by atoms with E-state index in [4.69, 9.17) is 4.74 Å². The van der Waals surface area contributed by atoms with Crippen molar-refractivity contribution in [2.75, 3.05) is 20.3 Å². The lowest BCUT2D eigenvalue weighted by molar-refractivity contribution is -0.121. The van der Waals surface area contributed by atoms with Crippen LogP contribution in [-0.2, 0) is 22.6 Å². The van der Waals surface area contributed by atoms with Crippen LogP contribution in [0.5, 0.6) is 0 Å². The zero-order valence-corrected chi connectivity index (χ0v) is 12.8. The van der Waals surface area contributed by atoms with Crippen LogP contribution in [0, 0.1) is 0 Å². The van der Waals surface area contributed by atoms with Crippen molar-refractivity contribution in [1.82, 2.24) is 25.6 Å². The fourth-order valence-corrected chi connectivity index (χ4v) is 1.50. The van der Waals surface area contributed by atoms with Crippen LogP contribution in [0.3, 0.4) is 0 Å². The highest BCUT2D eigenvalue weighted by Gasteiger charge is 2.10. The normalized spacial score (nSPS) is 11.6. The van der Waals surface area contributed by atoms with Crippen molar-refractivity contribution in [3.63, 3.8) is 0 Å². The fourth-order valence-electron chi connectivity index (χ4n) is 1.50. The molecule has 0 spiro atoms. The number of methoxy groups -OCH3 is 1. The van der Waals surface area contributed by atoms with E-state index < -0.39 is 0 Å². The van der Waals surface area contributed by atoms with Gasteiger partial charge in [0.05, 0.1) is 11.9 Å². The maximum Gasteiger partial charge on any atom is 0.241 e. The number of aromatic nitrogens is 3. The first kappa shape index (κ1) is 16.6. The van der Waals surface area contributed by atoms with Gasteiger partial charge in [-0.1, -0.05) is 5.21 Å². The molecule has 0 aliphatic rings. The number of ether oxygens (including phenoxy) is 1. The van der Waals surface area contributed by atoms with Gasteiger partial charge in [0.2, 0.25) is 5.91 Å². The van der Waals surface area contributed by atoms with Gasteiger partial charge in [0.1, 0.15) is 6.54 Å². The highest BCUT2D eigenvalue weighted by atomic mass is 16.5. The molecule has 0 radical (unpaired) electrons. The number of nitrogens with zero attached hydrogens (tertiary/aromatic N) is 3. The van der Waals surface area contributed by atoms with Crippen LogP contribution in [0.4, 0.5) is 0 Å². The van der Waals surface area contributed by atoms with Crippen molar-refractivity contribution in [3.05, 3.63) is 11.9 Å². The lowest BCUT2D eigenvalue weighted by Gasteiger charge is -2.19. The van der Waals surface area contributed by atoms with Gasteiger partial charge < -0.3 is 15.4 Å². The Balaban J connectivity index is 2.30. The molecule has 0 aromatic carbocycles. The van der Waals surface area contributed by atoms with Crippen LogP contribution in [0.15, 0.2) is 6.20 Å². The topological polar surface area (TPSA) is 81.1 Å². The third-order valence-electron chi connectivity index (χ3n) is 2.54. The number of carbonyl (C=O) groups is 1. The van der Waals surface area contributed by atoms with Crippen LogP contribution in [0.2, 0.25) is 0 Å². The van der Waals surface area contributed by atoms with Gasteiger partial charge in [-0.05, 0) is 27.2 Å². The molecule has 0 atom stereocenters. The number of nitrogens with one attached hydrogen (secondary N) is 2. The largest absolute Gasteiger partial charge is 0.385 e. The second-order valence-corrected chi connectivity index (χ2v) is 5.71. The van der Waals surface area contributed by atoms with Gasteiger partial charge in [-0.3, -0.25) is 4.79 Å². The Morgan fingerprint density at radius 1 is 1.45 bits per heavy atom. The summed E-state index contributed by atoms with van der Waals surface area (Å²) in [5, 5.41) is 14.1. The van der Waals surface area contributed by atoms with Crippen LogP contribution >= 0.6 is 0 Å². The van der Waals surface area contributed by atoms with Crippen LogP contribution in [-0.4, -0.2) is 46.7 Å². The zero-order chi connectivity index (χ0) is 15.0. The van der Waals surface area contributed by atoms with Gasteiger partial charge in [-0.25, -0.2) is 4.68 Å². The molecule has 1 heterocycles. The maximum atomic E-state index is 11.6. The molecule has 0 unspecified atom stereocenters. The van der Waals surface area contributed by atoms with E-state index in [0.717, 1.165) is 12.1 Å². The molecule has 1 rings (SSSR count). The molecule has 0 fully saturated rings. The van der Waals surface area contributed by atoms with E-state index in [2.05, 4.69) is 41.7 Å². The van der Waals surface area contributed by atoms with Crippen molar-refractivity contribution in [2.45, 2.75) is 45.8 Å². The summed E-state index contributed by atoms with van der Waals surface area (Å²) in [4.78, 5) is 11.6. The number of rotatable bonds is 8. The summed E-state index contributed by atoms with van der Waals surface area (Å²) in [7, 11) is 1.64. The average molecular weight is 283 g/mol. The first-order valence-electron chi connectivity index (χ1n) is 6.80. The second kappa shape index (κ2) is 7.96. The third kappa shape index (κ3) is 7.20. The average Bonchev–Trinajstić information content (AvgIpc) is 2.79. The summed E-state index contributed by atoms with van der Waals surface area (Å²) < 4.78 is 6.46. The Kier molecular flexibility index (Phi) is 6.60. The molecule has 1 aromatic rings. The molecular formula is C13H25N5O2. The molecule has 0 bridgehead atoms. The lowest BCUT2D eigenvalue weighted by Crippen LogP contribution is -2.35. The van der Waals surface area contributed by atoms with Crippen LogP contribution < -0.4 is 10.6 Å². The van der Waals surface area contributed by atoms with E-state index in [-0.39, 0.29) is 18.0 Å². The Morgan fingerprint density at radius 3 is 2.85 bits per heavy atom. The third-order valence-corrected chi connectivity index (χ3v) is 2.54. The van der Waals surface area contributed by atoms with E-state index in [9.17, 15) is 4.79 Å². The van der Waals surface area contributed by atoms with E-state index in [1.807, 2.05) is 0 Å². The lowest BCUT2D eigenvalue weighted by atomic mass is 10.1. The predicted octanol–water partition coefficient (Wildman–Crippen LogP) is 0.319. The van der Waals surface area contributed by atoms with Gasteiger partial charge in [-0.15, -0.1) is 5.10 Å². The second-order valence-electron chi connectivity index (χ2n) is 5.71. The van der Waals surface area contributed by atoms with Crippen molar-refractivity contribution >= 4 is 5.91 Å². The summed E-state index contributed by atoms with van der Waals surface area (Å²) in [6.45, 7) is 8.35. The maximum absolute atomic E-state index is 11.6. The molecule has 114 valence electrons. The highest BCUT2D eigenvalue weighted by molar-refractivity contribution is 5.75. The summed E-state index contributed by atoms with van der Waals surface area (Å²) in [5.41, 5.74) is 0.856. The molecule has 7 nitrogen and oxygen atoms in total. The minimum absolute atomic E-state index is 0.0303. The van der Waals surface area contributed by atoms with Gasteiger partial charge in [-0.2, -0.15) is 0 Å². The van der Waals surface area contributed by atoms with E-state index in [0.29, 0.717) is 19.7 Å². The Bertz CT molecular complexity index is 411. The molecule has 1 aromatic heterocycles. The SMILES string of the molecule is COCCCNC(=O)Cn1cc(CNC(C)(C)C)nn1. The molecule has 0 aliphatic heterocycles. The minimum atomic E-state index is -0.0682. The first-order valence-corrected chi connectivity index (χ1v) is 6.80. The van der Waals surface area contributed by atoms with Crippen LogP contribution in [0.1, 0.15) is 32.9 Å². The monoisotopic (exact) mass is 283 g/mol. The quantitative estimate of drug-likeness (QED) is 0.672. The van der Waals surface area contributed by atoms with Gasteiger partial charge in [0.15, 0.2) is 0 Å². The van der Waals surface area contributed by atoms with Crippen molar-refractivity contribution < 1.29 is 9.53 Å². The molecular weight excluding hydrogens is 258 g/mol. The smallest absolute Gasteiger partial charge is 0.241 e. The highest BCUT2D eigenvalue weighted by Crippen LogP contribution is 2.01. The number of carbonyl (C=O) groups excluding carboxylic acids is 1. The van der Waals surface area contributed by atoms with Crippen molar-refractivity contribution in [2.24, 2.45) is 0 Å². The summed E-state index contributed by atoms with van der Waals surface area (Å²) >= 11 is 0. The molecule has 2 N–H and O–H groups in total. The van der Waals surface area contributed by atoms with Crippen molar-refractivity contribution in [1.29, 1.82) is 0 Å². The molecule has 1 amide bonds. The van der Waals surface area contributed by atoms with Crippen molar-refractivity contribution in [3.8, 4) is 0 Å². The summed E-state index contributed by atoms with van der Waals surface area (Å²) in [5.74, 6) is -0.0682. The first-order chi connectivity index (χ1) is 9.40. The molecule has 0 saturated heterocycles. The predicted molar refractivity (Wildman–Crippen MR) is 76.1 cm³/mol. The molecule has 20 heavy (non-hydrogen) atoms. The number of hydrogen-bond acceptors (Lipinski definition) is 5. The molecule has 0 saturated carbocycles. The minimum Gasteiger partial charge on any atom is -0.385 e. The van der Waals surface area contributed by atoms with Crippen LogP contribution in [0.25, 0.3) is 0 Å². The number of amides is 1. The van der Waals surface area contributed by atoms with Gasteiger partial charge >= 0.3 is 0 Å². The molecule has 0 aliphatic carbocycles. The summed E-state index contributed by atoms with van der Waals surface area (Å²) in [6.07, 6.45) is 2.59. The fraction of sp³-hybridized carbons (Fsp3) is 0.769. The number of hydrogen-bond donors (Lipinski definition) is 2. The Labute approximate surface area is 120 Å². The zero-order valence-electron chi connectivity index (χ0n) is 12.8. The van der Waals surface area contributed by atoms with E-state index in [1.54, 1.807) is 18.0 Å². The van der Waals surface area contributed by atoms with E-state index in [1.165, 1.54) is 0 Å². The van der Waals surface area contributed by atoms with E-state index >= 15 is 0 Å². The summed E-state index contributed by atoms with van der Waals surface area (Å²) in [6, 6.07) is 0. The van der Waals surface area contributed by atoms with Gasteiger partial charge in [0.25, 0.3) is 0 Å². The Morgan fingerprint density at radius 2 is 2.20 bits per heavy atom. The van der Waals surface area contributed by atoms with Gasteiger partial charge in [0, 0.05) is 32.3 Å². The standard InChI is InChI=1S/C13H25N5O2/c1-13(2,3)15-8-11-9-18(17-16-11)10-12(19)14-6-5-7-20-4/h9,15H,5-8,10H2,1-4H3,(H,14,19). The molecule has 7 heteroatoms.